The molecule has 0 atom stereocenters. The molecular weight excluding hydrogens is 261 g/mol. The third-order valence-corrected chi connectivity index (χ3v) is 2.80. The number of benzene rings is 1. The number of halogens is 2. The first-order valence-electron chi connectivity index (χ1n) is 5.05. The standard InChI is InChI=1S/C12H11Cl2NO2/c1-2-17-12(16)5-9-3-8(7-15)4-11(14)10(9)6-13/h3-4H,2,5-6H2,1H3. The second-order valence-electron chi connectivity index (χ2n) is 3.32. The summed E-state index contributed by atoms with van der Waals surface area (Å²) in [6, 6.07) is 5.13. The maximum absolute atomic E-state index is 11.4. The van der Waals surface area contributed by atoms with Gasteiger partial charge in [0.05, 0.1) is 24.7 Å². The summed E-state index contributed by atoms with van der Waals surface area (Å²) in [7, 11) is 0. The van der Waals surface area contributed by atoms with Crippen LogP contribution >= 0.6 is 23.2 Å². The van der Waals surface area contributed by atoms with E-state index in [0.29, 0.717) is 28.3 Å². The molecule has 0 N–H and O–H groups in total. The van der Waals surface area contributed by atoms with Gasteiger partial charge in [-0.05, 0) is 30.2 Å². The molecule has 0 saturated carbocycles. The van der Waals surface area contributed by atoms with Crippen molar-refractivity contribution in [1.29, 1.82) is 5.26 Å². The molecule has 0 fully saturated rings. The zero-order chi connectivity index (χ0) is 12.8. The summed E-state index contributed by atoms with van der Waals surface area (Å²) in [6.07, 6.45) is 0.0745. The van der Waals surface area contributed by atoms with Crippen molar-refractivity contribution < 1.29 is 9.53 Å². The van der Waals surface area contributed by atoms with Gasteiger partial charge in [-0.3, -0.25) is 4.79 Å². The summed E-state index contributed by atoms with van der Waals surface area (Å²) < 4.78 is 4.85. The van der Waals surface area contributed by atoms with Crippen LogP contribution in [-0.2, 0) is 21.8 Å². The Morgan fingerprint density at radius 3 is 2.76 bits per heavy atom. The minimum Gasteiger partial charge on any atom is -0.466 e. The lowest BCUT2D eigenvalue weighted by molar-refractivity contribution is -0.142. The quantitative estimate of drug-likeness (QED) is 0.625. The molecule has 0 aromatic heterocycles. The highest BCUT2D eigenvalue weighted by molar-refractivity contribution is 6.32. The van der Waals surface area contributed by atoms with Crippen LogP contribution in [0.5, 0.6) is 0 Å². The molecule has 0 unspecified atom stereocenters. The molecule has 5 heteroatoms. The highest BCUT2D eigenvalue weighted by atomic mass is 35.5. The first-order chi connectivity index (χ1) is 8.12. The van der Waals surface area contributed by atoms with Gasteiger partial charge in [0.15, 0.2) is 0 Å². The Kier molecular flexibility index (Phi) is 5.27. The number of alkyl halides is 1. The van der Waals surface area contributed by atoms with Crippen molar-refractivity contribution in [1.82, 2.24) is 0 Å². The maximum Gasteiger partial charge on any atom is 0.310 e. The van der Waals surface area contributed by atoms with Gasteiger partial charge in [-0.25, -0.2) is 0 Å². The Balaban J connectivity index is 3.08. The molecule has 0 saturated heterocycles. The summed E-state index contributed by atoms with van der Waals surface area (Å²) in [5.41, 5.74) is 1.71. The van der Waals surface area contributed by atoms with Gasteiger partial charge < -0.3 is 4.74 Å². The summed E-state index contributed by atoms with van der Waals surface area (Å²) in [4.78, 5) is 11.4. The molecule has 0 aliphatic rings. The average molecular weight is 272 g/mol. The Hall–Kier alpha value is -1.24. The molecule has 0 bridgehead atoms. The third-order valence-electron chi connectivity index (χ3n) is 2.19. The molecule has 0 radical (unpaired) electrons. The van der Waals surface area contributed by atoms with Gasteiger partial charge >= 0.3 is 5.97 Å². The number of nitrogens with zero attached hydrogens (tertiary/aromatic N) is 1. The van der Waals surface area contributed by atoms with Crippen LogP contribution < -0.4 is 0 Å². The van der Waals surface area contributed by atoms with E-state index in [9.17, 15) is 4.79 Å². The molecular formula is C12H11Cl2NO2. The lowest BCUT2D eigenvalue weighted by atomic mass is 10.0. The number of carbonyl (C=O) groups excluding carboxylic acids is 1. The molecule has 1 rings (SSSR count). The fourth-order valence-electron chi connectivity index (χ4n) is 1.43. The second kappa shape index (κ2) is 6.48. The molecule has 0 amide bonds. The van der Waals surface area contributed by atoms with Crippen LogP contribution in [-0.4, -0.2) is 12.6 Å². The van der Waals surface area contributed by atoms with Crippen LogP contribution in [0.3, 0.4) is 0 Å². The van der Waals surface area contributed by atoms with E-state index in [4.69, 9.17) is 33.2 Å². The molecule has 0 spiro atoms. The normalized spacial score (nSPS) is 9.76. The number of nitriles is 1. The average Bonchev–Trinajstić information content (AvgIpc) is 2.28. The van der Waals surface area contributed by atoms with E-state index >= 15 is 0 Å². The second-order valence-corrected chi connectivity index (χ2v) is 4.00. The van der Waals surface area contributed by atoms with Gasteiger partial charge in [-0.1, -0.05) is 11.6 Å². The molecule has 0 aliphatic carbocycles. The molecule has 1 aromatic carbocycles. The summed E-state index contributed by atoms with van der Waals surface area (Å²) in [5.74, 6) is -0.163. The molecule has 1 aromatic rings. The van der Waals surface area contributed by atoms with Gasteiger partial charge in [0.2, 0.25) is 0 Å². The number of hydrogen-bond acceptors (Lipinski definition) is 3. The number of esters is 1. The van der Waals surface area contributed by atoms with Crippen LogP contribution in [0.1, 0.15) is 23.6 Å². The van der Waals surface area contributed by atoms with E-state index in [1.165, 1.54) is 6.07 Å². The van der Waals surface area contributed by atoms with Crippen molar-refractivity contribution in [2.45, 2.75) is 19.2 Å². The van der Waals surface area contributed by atoms with E-state index in [0.717, 1.165) is 0 Å². The highest BCUT2D eigenvalue weighted by Gasteiger charge is 2.13. The van der Waals surface area contributed by atoms with Crippen molar-refractivity contribution in [2.24, 2.45) is 0 Å². The molecule has 3 nitrogen and oxygen atoms in total. The molecule has 90 valence electrons. The maximum atomic E-state index is 11.4. The van der Waals surface area contributed by atoms with Gasteiger partial charge in [-0.2, -0.15) is 5.26 Å². The van der Waals surface area contributed by atoms with Gasteiger partial charge in [0, 0.05) is 10.9 Å². The predicted octanol–water partition coefficient (Wildman–Crippen LogP) is 3.06. The van der Waals surface area contributed by atoms with Gasteiger partial charge in [0.25, 0.3) is 0 Å². The van der Waals surface area contributed by atoms with E-state index < -0.39 is 0 Å². The van der Waals surface area contributed by atoms with Crippen molar-refractivity contribution in [3.63, 3.8) is 0 Å². The Morgan fingerprint density at radius 2 is 2.24 bits per heavy atom. The highest BCUT2D eigenvalue weighted by Crippen LogP contribution is 2.25. The largest absolute Gasteiger partial charge is 0.466 e. The Bertz CT molecular complexity index is 466. The summed E-state index contributed by atoms with van der Waals surface area (Å²) >= 11 is 11.8. The van der Waals surface area contributed by atoms with Crippen molar-refractivity contribution >= 4 is 29.2 Å². The minimum atomic E-state index is -0.356. The summed E-state index contributed by atoms with van der Waals surface area (Å²) in [5, 5.41) is 9.23. The van der Waals surface area contributed by atoms with Crippen molar-refractivity contribution in [2.75, 3.05) is 6.61 Å². The smallest absolute Gasteiger partial charge is 0.310 e. The number of carbonyl (C=O) groups is 1. The minimum absolute atomic E-state index is 0.0745. The fourth-order valence-corrected chi connectivity index (χ4v) is 2.12. The molecule has 17 heavy (non-hydrogen) atoms. The van der Waals surface area contributed by atoms with Crippen molar-refractivity contribution in [3.05, 3.63) is 33.8 Å². The number of hydrogen-bond donors (Lipinski definition) is 0. The van der Waals surface area contributed by atoms with E-state index in [2.05, 4.69) is 0 Å². The zero-order valence-electron chi connectivity index (χ0n) is 9.30. The van der Waals surface area contributed by atoms with Gasteiger partial charge in [-0.15, -0.1) is 11.6 Å². The SMILES string of the molecule is CCOC(=O)Cc1cc(C#N)cc(Cl)c1CCl. The van der Waals surface area contributed by atoms with E-state index in [-0.39, 0.29) is 18.3 Å². The first kappa shape index (κ1) is 13.8. The van der Waals surface area contributed by atoms with Crippen LogP contribution in [0, 0.1) is 11.3 Å². The van der Waals surface area contributed by atoms with Crippen LogP contribution in [0.2, 0.25) is 5.02 Å². The van der Waals surface area contributed by atoms with E-state index in [1.54, 1.807) is 13.0 Å². The predicted molar refractivity (Wildman–Crippen MR) is 66.1 cm³/mol. The zero-order valence-corrected chi connectivity index (χ0v) is 10.8. The number of ether oxygens (including phenoxy) is 1. The number of rotatable bonds is 4. The fraction of sp³-hybridized carbons (Fsp3) is 0.333. The van der Waals surface area contributed by atoms with Crippen LogP contribution in [0.15, 0.2) is 12.1 Å². The van der Waals surface area contributed by atoms with Crippen molar-refractivity contribution in [3.8, 4) is 6.07 Å². The van der Waals surface area contributed by atoms with E-state index in [1.807, 2.05) is 6.07 Å². The third kappa shape index (κ3) is 3.62. The lowest BCUT2D eigenvalue weighted by Gasteiger charge is -2.09. The summed E-state index contributed by atoms with van der Waals surface area (Å²) in [6.45, 7) is 2.06. The van der Waals surface area contributed by atoms with Gasteiger partial charge in [0.1, 0.15) is 0 Å². The monoisotopic (exact) mass is 271 g/mol. The van der Waals surface area contributed by atoms with Crippen LogP contribution in [0.4, 0.5) is 0 Å². The Morgan fingerprint density at radius 1 is 1.53 bits per heavy atom. The Labute approximate surface area is 110 Å². The van der Waals surface area contributed by atoms with Crippen LogP contribution in [0.25, 0.3) is 0 Å². The molecule has 0 aliphatic heterocycles. The topological polar surface area (TPSA) is 50.1 Å². The first-order valence-corrected chi connectivity index (χ1v) is 5.96. The lowest BCUT2D eigenvalue weighted by Crippen LogP contribution is -2.09. The molecule has 0 heterocycles.